The Morgan fingerprint density at radius 2 is 1.83 bits per heavy atom. The summed E-state index contributed by atoms with van der Waals surface area (Å²) in [6, 6.07) is 13.6. The lowest BCUT2D eigenvalue weighted by Crippen LogP contribution is -3.15. The molecular weight excluding hydrogens is 302 g/mol. The lowest BCUT2D eigenvalue weighted by molar-refractivity contribution is -0.885. The molecule has 24 heavy (non-hydrogen) atoms. The maximum absolute atomic E-state index is 12.4. The van der Waals surface area contributed by atoms with Crippen LogP contribution in [0.5, 0.6) is 0 Å². The maximum atomic E-state index is 12.4. The molecule has 0 radical (unpaired) electrons. The standard InChI is InChI=1S/C19H25N3O2/c1-4-11-20-18(23)13-22(3)14(2)19(24)21-17-10-9-15-7-5-6-8-16(15)12-17/h5-10,12,14H,4,11,13H2,1-3H3,(H,20,23)(H,21,24)/p+1/t14-/m1/s1. The fraction of sp³-hybridized carbons (Fsp3) is 0.368. The molecule has 2 amide bonds. The number of likely N-dealkylation sites (N-methyl/N-ethyl adjacent to an activating group) is 1. The van der Waals surface area contributed by atoms with E-state index in [1.807, 2.05) is 63.4 Å². The van der Waals surface area contributed by atoms with E-state index in [-0.39, 0.29) is 24.4 Å². The Hall–Kier alpha value is -2.40. The molecule has 0 aliphatic carbocycles. The number of carbonyl (C=O) groups is 2. The van der Waals surface area contributed by atoms with Crippen molar-refractivity contribution in [2.45, 2.75) is 26.3 Å². The van der Waals surface area contributed by atoms with Crippen molar-refractivity contribution in [1.82, 2.24) is 5.32 Å². The van der Waals surface area contributed by atoms with Crippen molar-refractivity contribution in [1.29, 1.82) is 0 Å². The van der Waals surface area contributed by atoms with E-state index in [4.69, 9.17) is 0 Å². The van der Waals surface area contributed by atoms with E-state index >= 15 is 0 Å². The van der Waals surface area contributed by atoms with Gasteiger partial charge in [0.15, 0.2) is 12.6 Å². The number of rotatable bonds is 7. The molecule has 2 rings (SSSR count). The molecule has 0 saturated heterocycles. The Morgan fingerprint density at radius 3 is 2.54 bits per heavy atom. The molecule has 0 aliphatic rings. The van der Waals surface area contributed by atoms with Crippen LogP contribution in [0.2, 0.25) is 0 Å². The Bertz CT molecular complexity index is 715. The minimum absolute atomic E-state index is 0.0281. The molecular formula is C19H26N3O2+. The highest BCUT2D eigenvalue weighted by atomic mass is 16.2. The molecule has 0 heterocycles. The number of hydrogen-bond acceptors (Lipinski definition) is 2. The van der Waals surface area contributed by atoms with E-state index < -0.39 is 0 Å². The van der Waals surface area contributed by atoms with Crippen molar-refractivity contribution < 1.29 is 14.5 Å². The zero-order chi connectivity index (χ0) is 17.5. The topological polar surface area (TPSA) is 62.6 Å². The van der Waals surface area contributed by atoms with Crippen LogP contribution in [0.15, 0.2) is 42.5 Å². The highest BCUT2D eigenvalue weighted by molar-refractivity contribution is 5.96. The average molecular weight is 328 g/mol. The van der Waals surface area contributed by atoms with Crippen LogP contribution in [0, 0.1) is 0 Å². The number of hydrogen-bond donors (Lipinski definition) is 3. The normalized spacial score (nSPS) is 13.3. The lowest BCUT2D eigenvalue weighted by Gasteiger charge is -2.20. The first kappa shape index (κ1) is 17.9. The molecule has 5 nitrogen and oxygen atoms in total. The summed E-state index contributed by atoms with van der Waals surface area (Å²) in [6.07, 6.45) is 0.906. The van der Waals surface area contributed by atoms with Crippen LogP contribution in [0.4, 0.5) is 5.69 Å². The molecule has 0 aromatic heterocycles. The van der Waals surface area contributed by atoms with Gasteiger partial charge < -0.3 is 15.5 Å². The smallest absolute Gasteiger partial charge is 0.282 e. The molecule has 5 heteroatoms. The number of nitrogens with one attached hydrogen (secondary N) is 3. The molecule has 0 bridgehead atoms. The Morgan fingerprint density at radius 1 is 1.12 bits per heavy atom. The average Bonchev–Trinajstić information content (AvgIpc) is 2.59. The second-order valence-corrected chi connectivity index (χ2v) is 6.15. The van der Waals surface area contributed by atoms with Crippen LogP contribution in [0.25, 0.3) is 10.8 Å². The fourth-order valence-corrected chi connectivity index (χ4v) is 2.47. The van der Waals surface area contributed by atoms with E-state index in [9.17, 15) is 9.59 Å². The molecule has 0 fully saturated rings. The summed E-state index contributed by atoms with van der Waals surface area (Å²) in [5.41, 5.74) is 0.772. The van der Waals surface area contributed by atoms with Gasteiger partial charge in [-0.15, -0.1) is 0 Å². The predicted octanol–water partition coefficient (Wildman–Crippen LogP) is 1.21. The van der Waals surface area contributed by atoms with Gasteiger partial charge in [0.25, 0.3) is 11.8 Å². The van der Waals surface area contributed by atoms with Crippen LogP contribution < -0.4 is 15.5 Å². The molecule has 2 atom stereocenters. The zero-order valence-electron chi connectivity index (χ0n) is 14.6. The van der Waals surface area contributed by atoms with Crippen LogP contribution in [0.3, 0.4) is 0 Å². The summed E-state index contributed by atoms with van der Waals surface area (Å²) in [6.45, 7) is 4.80. The van der Waals surface area contributed by atoms with E-state index in [1.165, 1.54) is 0 Å². The monoisotopic (exact) mass is 328 g/mol. The fourth-order valence-electron chi connectivity index (χ4n) is 2.47. The van der Waals surface area contributed by atoms with Gasteiger partial charge in [0.05, 0.1) is 7.05 Å². The van der Waals surface area contributed by atoms with E-state index in [0.29, 0.717) is 6.54 Å². The highest BCUT2D eigenvalue weighted by Gasteiger charge is 2.23. The summed E-state index contributed by atoms with van der Waals surface area (Å²) in [5.74, 6) is -0.120. The Balaban J connectivity index is 1.95. The summed E-state index contributed by atoms with van der Waals surface area (Å²) >= 11 is 0. The van der Waals surface area contributed by atoms with Crippen molar-refractivity contribution in [3.8, 4) is 0 Å². The van der Waals surface area contributed by atoms with Gasteiger partial charge in [-0.05, 0) is 36.2 Å². The van der Waals surface area contributed by atoms with Crippen LogP contribution >= 0.6 is 0 Å². The molecule has 0 aliphatic heterocycles. The minimum Gasteiger partial charge on any atom is -0.351 e. The third-order valence-electron chi connectivity index (χ3n) is 4.16. The maximum Gasteiger partial charge on any atom is 0.282 e. The summed E-state index contributed by atoms with van der Waals surface area (Å²) < 4.78 is 0. The summed E-state index contributed by atoms with van der Waals surface area (Å²) in [5, 5.41) is 8.00. The van der Waals surface area contributed by atoms with Gasteiger partial charge in [-0.3, -0.25) is 9.59 Å². The number of amides is 2. The molecule has 2 aromatic rings. The Labute approximate surface area is 143 Å². The second-order valence-electron chi connectivity index (χ2n) is 6.15. The predicted molar refractivity (Wildman–Crippen MR) is 97.1 cm³/mol. The molecule has 1 unspecified atom stereocenters. The number of anilines is 1. The lowest BCUT2D eigenvalue weighted by atomic mass is 10.1. The largest absolute Gasteiger partial charge is 0.351 e. The first-order valence-corrected chi connectivity index (χ1v) is 8.40. The van der Waals surface area contributed by atoms with Crippen LogP contribution in [0.1, 0.15) is 20.3 Å². The van der Waals surface area contributed by atoms with E-state index in [0.717, 1.165) is 27.8 Å². The Kier molecular flexibility index (Phi) is 6.32. The molecule has 128 valence electrons. The van der Waals surface area contributed by atoms with Gasteiger partial charge in [-0.25, -0.2) is 0 Å². The SMILES string of the molecule is CCCNC(=O)C[NH+](C)[C@H](C)C(=O)Nc1ccc2ccccc2c1. The van der Waals surface area contributed by atoms with Crippen molar-refractivity contribution >= 4 is 28.3 Å². The van der Waals surface area contributed by atoms with E-state index in [1.54, 1.807) is 0 Å². The second kappa shape index (κ2) is 8.45. The van der Waals surface area contributed by atoms with Gasteiger partial charge in [0, 0.05) is 12.2 Å². The van der Waals surface area contributed by atoms with Crippen molar-refractivity contribution in [2.75, 3.05) is 25.5 Å². The van der Waals surface area contributed by atoms with Gasteiger partial charge >= 0.3 is 0 Å². The van der Waals surface area contributed by atoms with Gasteiger partial charge in [0.2, 0.25) is 0 Å². The molecule has 3 N–H and O–H groups in total. The first-order chi connectivity index (χ1) is 11.5. The molecule has 0 saturated carbocycles. The summed E-state index contributed by atoms with van der Waals surface area (Å²) in [4.78, 5) is 25.1. The van der Waals surface area contributed by atoms with E-state index in [2.05, 4.69) is 10.6 Å². The highest BCUT2D eigenvalue weighted by Crippen LogP contribution is 2.18. The molecule has 0 spiro atoms. The number of quaternary nitrogens is 1. The minimum atomic E-state index is -0.316. The van der Waals surface area contributed by atoms with Gasteiger partial charge in [-0.1, -0.05) is 37.3 Å². The van der Waals surface area contributed by atoms with Crippen molar-refractivity contribution in [2.24, 2.45) is 0 Å². The molecule has 2 aromatic carbocycles. The number of benzene rings is 2. The number of carbonyl (C=O) groups excluding carboxylic acids is 2. The first-order valence-electron chi connectivity index (χ1n) is 8.40. The van der Waals surface area contributed by atoms with Crippen LogP contribution in [-0.2, 0) is 9.59 Å². The third-order valence-corrected chi connectivity index (χ3v) is 4.16. The zero-order valence-corrected chi connectivity index (χ0v) is 14.6. The third kappa shape index (κ3) is 4.80. The van der Waals surface area contributed by atoms with Crippen LogP contribution in [-0.4, -0.2) is 38.0 Å². The number of fused-ring (bicyclic) bond motifs is 1. The quantitative estimate of drug-likeness (QED) is 0.715. The summed E-state index contributed by atoms with van der Waals surface area (Å²) in [7, 11) is 1.86. The van der Waals surface area contributed by atoms with Gasteiger partial charge in [-0.2, -0.15) is 0 Å². The van der Waals surface area contributed by atoms with Crippen molar-refractivity contribution in [3.63, 3.8) is 0 Å². The van der Waals surface area contributed by atoms with Crippen molar-refractivity contribution in [3.05, 3.63) is 42.5 Å². The van der Waals surface area contributed by atoms with Gasteiger partial charge in [0.1, 0.15) is 0 Å².